The summed E-state index contributed by atoms with van der Waals surface area (Å²) in [6.45, 7) is 5.94. The molecule has 1 heterocycles. The number of aryl methyl sites for hydroxylation is 1. The molecule has 1 N–H and O–H groups in total. The maximum absolute atomic E-state index is 12.4. The van der Waals surface area contributed by atoms with Crippen LogP contribution >= 0.6 is 0 Å². The lowest BCUT2D eigenvalue weighted by atomic mass is 10.2. The number of rotatable bonds is 5. The van der Waals surface area contributed by atoms with Crippen LogP contribution in [0, 0.1) is 6.92 Å². The van der Waals surface area contributed by atoms with Gasteiger partial charge in [-0.2, -0.15) is 0 Å². The second-order valence-electron chi connectivity index (χ2n) is 5.52. The number of carboxylic acids is 1. The molecule has 1 saturated heterocycles. The van der Waals surface area contributed by atoms with Gasteiger partial charge < -0.3 is 14.7 Å². The second kappa shape index (κ2) is 7.26. The first kappa shape index (κ1) is 16.3. The number of carbonyl (C=O) groups excluding carboxylic acids is 1. The quantitative estimate of drug-likeness (QED) is 0.878. The Labute approximate surface area is 130 Å². The van der Waals surface area contributed by atoms with Crippen molar-refractivity contribution < 1.29 is 19.4 Å². The first-order valence-electron chi connectivity index (χ1n) is 7.42. The van der Waals surface area contributed by atoms with E-state index in [9.17, 15) is 9.59 Å². The predicted octanol–water partition coefficient (Wildman–Crippen LogP) is 0.991. The van der Waals surface area contributed by atoms with Gasteiger partial charge in [0.15, 0.2) is 6.10 Å². The largest absolute Gasteiger partial charge is 0.481 e. The smallest absolute Gasteiger partial charge is 0.317 e. The summed E-state index contributed by atoms with van der Waals surface area (Å²) < 4.78 is 5.75. The highest BCUT2D eigenvalue weighted by molar-refractivity contribution is 5.81. The molecule has 0 bridgehead atoms. The van der Waals surface area contributed by atoms with Gasteiger partial charge in [-0.05, 0) is 25.5 Å². The third kappa shape index (κ3) is 4.21. The van der Waals surface area contributed by atoms with Crippen LogP contribution < -0.4 is 4.74 Å². The Balaban J connectivity index is 1.87. The van der Waals surface area contributed by atoms with E-state index in [1.807, 2.05) is 36.1 Å². The number of benzene rings is 1. The Morgan fingerprint density at radius 2 is 1.86 bits per heavy atom. The van der Waals surface area contributed by atoms with Crippen LogP contribution in [0.4, 0.5) is 0 Å². The van der Waals surface area contributed by atoms with Gasteiger partial charge in [-0.25, -0.2) is 0 Å². The number of para-hydroxylation sites is 1. The standard InChI is InChI=1S/C16H22N2O4/c1-12-5-3-4-6-14(12)22-13(2)16(21)18-9-7-17(8-10-18)11-15(19)20/h3-6,13H,7-11H2,1-2H3,(H,19,20)/t13-/m0/s1. The minimum atomic E-state index is -0.837. The summed E-state index contributed by atoms with van der Waals surface area (Å²) in [5, 5.41) is 8.78. The SMILES string of the molecule is Cc1ccccc1O[C@@H](C)C(=O)N1CCN(CC(=O)O)CC1. The van der Waals surface area contributed by atoms with Crippen LogP contribution in [0.15, 0.2) is 24.3 Å². The molecule has 6 nitrogen and oxygen atoms in total. The first-order chi connectivity index (χ1) is 10.5. The van der Waals surface area contributed by atoms with E-state index >= 15 is 0 Å². The van der Waals surface area contributed by atoms with Crippen LogP contribution in [0.3, 0.4) is 0 Å². The van der Waals surface area contributed by atoms with Gasteiger partial charge in [-0.1, -0.05) is 18.2 Å². The van der Waals surface area contributed by atoms with Crippen molar-refractivity contribution in [1.29, 1.82) is 0 Å². The Morgan fingerprint density at radius 1 is 1.23 bits per heavy atom. The molecule has 2 rings (SSSR count). The number of carbonyl (C=O) groups is 2. The van der Waals surface area contributed by atoms with Crippen molar-refractivity contribution in [1.82, 2.24) is 9.80 Å². The van der Waals surface area contributed by atoms with Gasteiger partial charge in [0.1, 0.15) is 5.75 Å². The van der Waals surface area contributed by atoms with E-state index in [1.54, 1.807) is 11.8 Å². The molecule has 6 heteroatoms. The molecule has 1 aliphatic heterocycles. The molecule has 0 radical (unpaired) electrons. The summed E-state index contributed by atoms with van der Waals surface area (Å²) in [4.78, 5) is 26.7. The van der Waals surface area contributed by atoms with Crippen LogP contribution in [0.1, 0.15) is 12.5 Å². The average Bonchev–Trinajstić information content (AvgIpc) is 2.49. The maximum Gasteiger partial charge on any atom is 0.317 e. The zero-order valence-electron chi connectivity index (χ0n) is 13.0. The molecule has 0 aliphatic carbocycles. The fourth-order valence-electron chi connectivity index (χ4n) is 2.50. The van der Waals surface area contributed by atoms with Crippen molar-refractivity contribution in [2.24, 2.45) is 0 Å². The van der Waals surface area contributed by atoms with E-state index in [4.69, 9.17) is 9.84 Å². The monoisotopic (exact) mass is 306 g/mol. The van der Waals surface area contributed by atoms with Gasteiger partial charge in [-0.3, -0.25) is 14.5 Å². The van der Waals surface area contributed by atoms with Crippen LogP contribution in [0.25, 0.3) is 0 Å². The molecule has 120 valence electrons. The molecule has 0 saturated carbocycles. The van der Waals surface area contributed by atoms with E-state index in [-0.39, 0.29) is 12.5 Å². The van der Waals surface area contributed by atoms with Crippen molar-refractivity contribution >= 4 is 11.9 Å². The van der Waals surface area contributed by atoms with Crippen molar-refractivity contribution in [3.63, 3.8) is 0 Å². The lowest BCUT2D eigenvalue weighted by Gasteiger charge is -2.35. The molecule has 1 fully saturated rings. The minimum absolute atomic E-state index is 0.0251. The lowest BCUT2D eigenvalue weighted by Crippen LogP contribution is -2.52. The number of amides is 1. The third-order valence-electron chi connectivity index (χ3n) is 3.79. The highest BCUT2D eigenvalue weighted by Crippen LogP contribution is 2.18. The Hall–Kier alpha value is -2.08. The summed E-state index contributed by atoms with van der Waals surface area (Å²) in [6, 6.07) is 7.60. The van der Waals surface area contributed by atoms with E-state index in [1.165, 1.54) is 0 Å². The maximum atomic E-state index is 12.4. The Bertz CT molecular complexity index is 539. The zero-order chi connectivity index (χ0) is 16.1. The molecule has 1 amide bonds. The number of nitrogens with zero attached hydrogens (tertiary/aromatic N) is 2. The lowest BCUT2D eigenvalue weighted by molar-refractivity contribution is -0.141. The van der Waals surface area contributed by atoms with E-state index in [2.05, 4.69) is 0 Å². The number of hydrogen-bond donors (Lipinski definition) is 1. The van der Waals surface area contributed by atoms with Gasteiger partial charge >= 0.3 is 5.97 Å². The summed E-state index contributed by atoms with van der Waals surface area (Å²) in [5.74, 6) is -0.179. The van der Waals surface area contributed by atoms with Crippen LogP contribution in [0.2, 0.25) is 0 Å². The second-order valence-corrected chi connectivity index (χ2v) is 5.52. The minimum Gasteiger partial charge on any atom is -0.481 e. The van der Waals surface area contributed by atoms with Crippen LogP contribution in [0.5, 0.6) is 5.75 Å². The Kier molecular flexibility index (Phi) is 5.38. The molecule has 1 aliphatic rings. The zero-order valence-corrected chi connectivity index (χ0v) is 13.0. The number of carboxylic acid groups (broad SMARTS) is 1. The third-order valence-corrected chi connectivity index (χ3v) is 3.79. The van der Waals surface area contributed by atoms with E-state index < -0.39 is 12.1 Å². The fourth-order valence-corrected chi connectivity index (χ4v) is 2.50. The summed E-state index contributed by atoms with van der Waals surface area (Å²) in [6.07, 6.45) is -0.549. The highest BCUT2D eigenvalue weighted by atomic mass is 16.5. The van der Waals surface area contributed by atoms with Gasteiger partial charge in [-0.15, -0.1) is 0 Å². The molecule has 1 atom stereocenters. The molecule has 1 aromatic carbocycles. The summed E-state index contributed by atoms with van der Waals surface area (Å²) >= 11 is 0. The van der Waals surface area contributed by atoms with Gasteiger partial charge in [0.25, 0.3) is 5.91 Å². The van der Waals surface area contributed by atoms with Gasteiger partial charge in [0.05, 0.1) is 6.54 Å². The molecule has 0 spiro atoms. The number of hydrogen-bond acceptors (Lipinski definition) is 4. The number of ether oxygens (including phenoxy) is 1. The first-order valence-corrected chi connectivity index (χ1v) is 7.42. The predicted molar refractivity (Wildman–Crippen MR) is 81.9 cm³/mol. The highest BCUT2D eigenvalue weighted by Gasteiger charge is 2.26. The van der Waals surface area contributed by atoms with E-state index in [0.717, 1.165) is 5.56 Å². The fraction of sp³-hybridized carbons (Fsp3) is 0.500. The molecule has 0 unspecified atom stereocenters. The molecule has 0 aromatic heterocycles. The molecule has 1 aromatic rings. The van der Waals surface area contributed by atoms with Crippen LogP contribution in [-0.2, 0) is 9.59 Å². The summed E-state index contributed by atoms with van der Waals surface area (Å²) in [7, 11) is 0. The molecular formula is C16H22N2O4. The topological polar surface area (TPSA) is 70.1 Å². The summed E-state index contributed by atoms with van der Waals surface area (Å²) in [5.41, 5.74) is 0.994. The van der Waals surface area contributed by atoms with Crippen LogP contribution in [-0.4, -0.2) is 65.6 Å². The normalized spacial score (nSPS) is 17.1. The average molecular weight is 306 g/mol. The van der Waals surface area contributed by atoms with E-state index in [0.29, 0.717) is 31.9 Å². The molecular weight excluding hydrogens is 284 g/mol. The van der Waals surface area contributed by atoms with Crippen molar-refractivity contribution in [3.8, 4) is 5.75 Å². The molecule has 22 heavy (non-hydrogen) atoms. The Morgan fingerprint density at radius 3 is 2.45 bits per heavy atom. The van der Waals surface area contributed by atoms with Crippen molar-refractivity contribution in [3.05, 3.63) is 29.8 Å². The number of aliphatic carboxylic acids is 1. The number of piperazine rings is 1. The van der Waals surface area contributed by atoms with Gasteiger partial charge in [0, 0.05) is 26.2 Å². The van der Waals surface area contributed by atoms with Crippen molar-refractivity contribution in [2.45, 2.75) is 20.0 Å². The van der Waals surface area contributed by atoms with Gasteiger partial charge in [0.2, 0.25) is 0 Å². The van der Waals surface area contributed by atoms with Crippen molar-refractivity contribution in [2.75, 3.05) is 32.7 Å².